The molecule has 0 atom stereocenters. The van der Waals surface area contributed by atoms with Crippen molar-refractivity contribution in [3.8, 4) is 28.7 Å². The van der Waals surface area contributed by atoms with Crippen LogP contribution in [-0.2, 0) is 25.4 Å². The van der Waals surface area contributed by atoms with E-state index in [0.29, 0.717) is 34.8 Å². The van der Waals surface area contributed by atoms with Crippen molar-refractivity contribution in [3.63, 3.8) is 0 Å². The van der Waals surface area contributed by atoms with Crippen LogP contribution >= 0.6 is 0 Å². The summed E-state index contributed by atoms with van der Waals surface area (Å²) in [4.78, 5) is 13.6. The maximum atomic E-state index is 13.6. The zero-order chi connectivity index (χ0) is 31.6. The molecule has 0 amide bonds. The Morgan fingerprint density at radius 2 is 1.37 bits per heavy atom. The molecule has 0 aliphatic rings. The number of aromatic hydroxyl groups is 1. The number of carbonyl (C=O) groups is 1. The molecular weight excluding hydrogens is 556 g/mol. The molecule has 236 valence electrons. The fourth-order valence-corrected chi connectivity index (χ4v) is 3.92. The third-order valence-corrected chi connectivity index (χ3v) is 6.06. The van der Waals surface area contributed by atoms with Crippen molar-refractivity contribution in [2.75, 3.05) is 55.6 Å². The van der Waals surface area contributed by atoms with Crippen molar-refractivity contribution in [2.45, 2.75) is 40.0 Å². The molecule has 10 nitrogen and oxygen atoms in total. The predicted octanol–water partition coefficient (Wildman–Crippen LogP) is 6.45. The highest BCUT2D eigenvalue weighted by Gasteiger charge is 2.24. The van der Waals surface area contributed by atoms with E-state index in [1.54, 1.807) is 30.3 Å². The van der Waals surface area contributed by atoms with Crippen LogP contribution in [0.5, 0.6) is 28.7 Å². The van der Waals surface area contributed by atoms with Crippen LogP contribution in [0.4, 0.5) is 0 Å². The Labute approximate surface area is 254 Å². The van der Waals surface area contributed by atoms with Crippen LogP contribution < -0.4 is 18.9 Å². The third kappa shape index (κ3) is 11.8. The Bertz CT molecular complexity index is 1260. The van der Waals surface area contributed by atoms with Crippen molar-refractivity contribution in [1.82, 2.24) is 0 Å². The number of hydrogen-bond donors (Lipinski definition) is 1. The van der Waals surface area contributed by atoms with Crippen LogP contribution in [0, 0.1) is 0 Å². The summed E-state index contributed by atoms with van der Waals surface area (Å²) in [5, 5.41) is 11.5. The summed E-state index contributed by atoms with van der Waals surface area (Å²) >= 11 is 0. The minimum atomic E-state index is -0.496. The van der Waals surface area contributed by atoms with Gasteiger partial charge in [-0.2, -0.15) is 0 Å². The minimum absolute atomic E-state index is 0.00805. The average Bonchev–Trinajstić information content (AvgIpc) is 2.99. The molecule has 0 saturated heterocycles. The normalized spacial score (nSPS) is 11.5. The van der Waals surface area contributed by atoms with E-state index in [0.717, 1.165) is 18.4 Å². The fraction of sp³-hybridized carbons (Fsp3) is 0.424. The van der Waals surface area contributed by atoms with Gasteiger partial charge in [-0.15, -0.1) is 0 Å². The van der Waals surface area contributed by atoms with E-state index in [1.807, 2.05) is 13.0 Å². The highest BCUT2D eigenvalue weighted by molar-refractivity contribution is 6.11. The van der Waals surface area contributed by atoms with Gasteiger partial charge in [0.2, 0.25) is 0 Å². The lowest BCUT2D eigenvalue weighted by Gasteiger charge is -2.18. The Balaban J connectivity index is 2.52. The first kappa shape index (κ1) is 35.4. The summed E-state index contributed by atoms with van der Waals surface area (Å²) in [7, 11) is 5.99. The zero-order valence-corrected chi connectivity index (χ0v) is 26.2. The van der Waals surface area contributed by atoms with Crippen LogP contribution in [-0.4, -0.2) is 66.5 Å². The number of allylic oxidation sites excluding steroid dienone is 5. The first-order valence-electron chi connectivity index (χ1n) is 13.8. The summed E-state index contributed by atoms with van der Waals surface area (Å²) in [6.07, 6.45) is 9.22. The average molecular weight is 601 g/mol. The van der Waals surface area contributed by atoms with Gasteiger partial charge >= 0.3 is 0 Å². The molecule has 2 aromatic rings. The van der Waals surface area contributed by atoms with Gasteiger partial charge in [0.1, 0.15) is 34.3 Å². The summed E-state index contributed by atoms with van der Waals surface area (Å²) in [6, 6.07) is 6.69. The lowest BCUT2D eigenvalue weighted by Crippen LogP contribution is -2.09. The molecule has 43 heavy (non-hydrogen) atoms. The van der Waals surface area contributed by atoms with Crippen molar-refractivity contribution in [2.24, 2.45) is 0 Å². The molecule has 0 aliphatic heterocycles. The van der Waals surface area contributed by atoms with Gasteiger partial charge < -0.3 is 43.0 Å². The molecule has 0 aliphatic carbocycles. The molecule has 0 heterocycles. The molecule has 0 unspecified atom stereocenters. The molecule has 10 heteroatoms. The Kier molecular flexibility index (Phi) is 15.9. The molecule has 2 rings (SSSR count). The van der Waals surface area contributed by atoms with Gasteiger partial charge in [0.05, 0.1) is 0 Å². The SMILES string of the molecule is COCOc1ccc(/C=C/C(=O)c2c(OCOC)cc(OCOC)c(C/C=C(\C)CCC=C(C)C)c2O)c(OCOC)c1. The third-order valence-electron chi connectivity index (χ3n) is 6.06. The number of hydrogen-bond acceptors (Lipinski definition) is 10. The molecule has 0 bridgehead atoms. The van der Waals surface area contributed by atoms with Gasteiger partial charge in [0, 0.05) is 51.7 Å². The van der Waals surface area contributed by atoms with E-state index in [9.17, 15) is 9.90 Å². The molecular formula is C33H44O10. The minimum Gasteiger partial charge on any atom is -0.507 e. The Morgan fingerprint density at radius 3 is 2.00 bits per heavy atom. The summed E-state index contributed by atoms with van der Waals surface area (Å²) in [5.74, 6) is 0.641. The van der Waals surface area contributed by atoms with E-state index in [-0.39, 0.29) is 44.2 Å². The van der Waals surface area contributed by atoms with Crippen LogP contribution in [0.25, 0.3) is 6.08 Å². The van der Waals surface area contributed by atoms with Gasteiger partial charge in [-0.05, 0) is 64.3 Å². The highest BCUT2D eigenvalue weighted by atomic mass is 16.7. The first-order chi connectivity index (χ1) is 20.7. The smallest absolute Gasteiger partial charge is 0.193 e. The molecule has 0 aromatic heterocycles. The molecule has 2 aromatic carbocycles. The lowest BCUT2D eigenvalue weighted by atomic mass is 9.98. The number of methoxy groups -OCH3 is 4. The topological polar surface area (TPSA) is 111 Å². The quantitative estimate of drug-likeness (QED) is 0.0787. The number of ether oxygens (including phenoxy) is 8. The van der Waals surface area contributed by atoms with Crippen LogP contribution in [0.1, 0.15) is 55.1 Å². The molecule has 0 radical (unpaired) electrons. The number of benzene rings is 2. The van der Waals surface area contributed by atoms with E-state index in [4.69, 9.17) is 37.9 Å². The summed E-state index contributed by atoms with van der Waals surface area (Å²) < 4.78 is 42.8. The molecule has 1 N–H and O–H groups in total. The number of rotatable bonds is 20. The van der Waals surface area contributed by atoms with E-state index >= 15 is 0 Å². The first-order valence-corrected chi connectivity index (χ1v) is 13.8. The zero-order valence-electron chi connectivity index (χ0n) is 26.2. The maximum absolute atomic E-state index is 13.6. The number of phenols is 1. The Morgan fingerprint density at radius 1 is 0.767 bits per heavy atom. The number of carbonyl (C=O) groups excluding carboxylic acids is 1. The second-order valence-corrected chi connectivity index (χ2v) is 9.75. The van der Waals surface area contributed by atoms with Crippen molar-refractivity contribution < 1.29 is 47.8 Å². The van der Waals surface area contributed by atoms with Crippen molar-refractivity contribution in [3.05, 3.63) is 70.3 Å². The van der Waals surface area contributed by atoms with Gasteiger partial charge in [0.25, 0.3) is 0 Å². The van der Waals surface area contributed by atoms with Crippen molar-refractivity contribution >= 4 is 11.9 Å². The molecule has 0 saturated carbocycles. The van der Waals surface area contributed by atoms with Gasteiger partial charge in [-0.25, -0.2) is 0 Å². The van der Waals surface area contributed by atoms with Gasteiger partial charge in [-0.1, -0.05) is 23.3 Å². The van der Waals surface area contributed by atoms with E-state index < -0.39 is 5.78 Å². The number of phenolic OH excluding ortho intramolecular Hbond substituents is 1. The second kappa shape index (κ2) is 19.4. The van der Waals surface area contributed by atoms with Crippen LogP contribution in [0.15, 0.2) is 53.6 Å². The highest BCUT2D eigenvalue weighted by Crippen LogP contribution is 2.40. The van der Waals surface area contributed by atoms with E-state index in [1.165, 1.54) is 40.1 Å². The largest absolute Gasteiger partial charge is 0.507 e. The van der Waals surface area contributed by atoms with Gasteiger partial charge in [-0.3, -0.25) is 4.79 Å². The lowest BCUT2D eigenvalue weighted by molar-refractivity contribution is 0.0448. The molecule has 0 spiro atoms. The monoisotopic (exact) mass is 600 g/mol. The Hall–Kier alpha value is -3.83. The summed E-state index contributed by atoms with van der Waals surface area (Å²) in [5.41, 5.74) is 3.40. The predicted molar refractivity (Wildman–Crippen MR) is 164 cm³/mol. The summed E-state index contributed by atoms with van der Waals surface area (Å²) in [6.45, 7) is 6.02. The van der Waals surface area contributed by atoms with Crippen LogP contribution in [0.3, 0.4) is 0 Å². The van der Waals surface area contributed by atoms with Crippen molar-refractivity contribution in [1.29, 1.82) is 0 Å². The second-order valence-electron chi connectivity index (χ2n) is 9.75. The van der Waals surface area contributed by atoms with Crippen LogP contribution in [0.2, 0.25) is 0 Å². The standard InChI is InChI=1S/C33H44O10/c1-23(2)9-8-10-24(3)11-15-27-30(42-21-38-6)18-31(43-22-39-7)32(33(27)35)28(34)16-13-25-12-14-26(40-19-36-4)17-29(25)41-20-37-5/h9,11-14,16-18,35H,8,10,15,19-22H2,1-7H3/b16-13+,24-11+. The fourth-order valence-electron chi connectivity index (χ4n) is 3.92. The maximum Gasteiger partial charge on any atom is 0.193 e. The molecule has 0 fully saturated rings. The van der Waals surface area contributed by atoms with Gasteiger partial charge in [0.15, 0.2) is 33.0 Å². The number of ketones is 1. The van der Waals surface area contributed by atoms with E-state index in [2.05, 4.69) is 19.9 Å².